The van der Waals surface area contributed by atoms with Gasteiger partial charge in [-0.05, 0) is 52.2 Å². The maximum absolute atomic E-state index is 12.3. The number of carbonyl (C=O) groups is 3. The molecule has 1 unspecified atom stereocenters. The van der Waals surface area contributed by atoms with E-state index in [4.69, 9.17) is 4.74 Å². The highest BCUT2D eigenvalue weighted by Crippen LogP contribution is 2.40. The van der Waals surface area contributed by atoms with Crippen LogP contribution in [0, 0.1) is 0 Å². The van der Waals surface area contributed by atoms with Crippen LogP contribution in [0.5, 0.6) is 0 Å². The predicted octanol–water partition coefficient (Wildman–Crippen LogP) is 1.68. The number of carbonyl (C=O) groups excluding carboxylic acids is 3. The first kappa shape index (κ1) is 19.0. The third kappa shape index (κ3) is 4.90. The fourth-order valence-electron chi connectivity index (χ4n) is 2.92. The van der Waals surface area contributed by atoms with Gasteiger partial charge in [-0.3, -0.25) is 25.0 Å². The maximum atomic E-state index is 12.3. The monoisotopic (exact) mass is 379 g/mol. The summed E-state index contributed by atoms with van der Waals surface area (Å²) < 4.78 is 6.08. The molecule has 1 aromatic heterocycles. The topological polar surface area (TPSA) is 96.5 Å². The molecule has 0 bridgehead atoms. The fraction of sp³-hybridized carbons (Fsp3) is 0.611. The minimum atomic E-state index is -0.654. The third-order valence-electron chi connectivity index (χ3n) is 4.22. The summed E-state index contributed by atoms with van der Waals surface area (Å²) in [6.45, 7) is 6.75. The molecule has 1 aliphatic carbocycles. The number of nitrogens with one attached hydrogen (secondary N) is 3. The Balaban J connectivity index is 1.52. The first-order chi connectivity index (χ1) is 12.2. The highest BCUT2D eigenvalue weighted by molar-refractivity contribution is 7.14. The number of hydrogen-bond acceptors (Lipinski definition) is 6. The molecule has 2 heterocycles. The molecular formula is C18H25N3O4S. The SMILES string of the molecule is CC(C)(C)OC1(NCc2ccc(C(=O)NC3CCC(=O)NC3=O)s2)CC1. The Labute approximate surface area is 156 Å². The predicted molar refractivity (Wildman–Crippen MR) is 97.6 cm³/mol. The molecule has 8 heteroatoms. The Morgan fingerprint density at radius 1 is 1.35 bits per heavy atom. The van der Waals surface area contributed by atoms with Crippen LogP contribution >= 0.6 is 11.3 Å². The van der Waals surface area contributed by atoms with Crippen molar-refractivity contribution >= 4 is 29.1 Å². The second-order valence-corrected chi connectivity index (χ2v) is 8.97. The number of ether oxygens (including phenoxy) is 1. The average Bonchev–Trinajstić information content (AvgIpc) is 3.10. The van der Waals surface area contributed by atoms with Gasteiger partial charge in [0.25, 0.3) is 5.91 Å². The van der Waals surface area contributed by atoms with Gasteiger partial charge >= 0.3 is 0 Å². The van der Waals surface area contributed by atoms with Gasteiger partial charge in [0, 0.05) is 17.8 Å². The summed E-state index contributed by atoms with van der Waals surface area (Å²) >= 11 is 1.39. The zero-order chi connectivity index (χ0) is 18.9. The summed E-state index contributed by atoms with van der Waals surface area (Å²) in [6.07, 6.45) is 2.55. The van der Waals surface area contributed by atoms with Gasteiger partial charge in [-0.25, -0.2) is 0 Å². The molecule has 3 N–H and O–H groups in total. The largest absolute Gasteiger partial charge is 0.355 e. The summed E-state index contributed by atoms with van der Waals surface area (Å²) in [5.41, 5.74) is -0.455. The molecule has 26 heavy (non-hydrogen) atoms. The zero-order valence-corrected chi connectivity index (χ0v) is 16.1. The van der Waals surface area contributed by atoms with Gasteiger partial charge in [0.2, 0.25) is 11.8 Å². The highest BCUT2D eigenvalue weighted by Gasteiger charge is 2.46. The van der Waals surface area contributed by atoms with Gasteiger partial charge in [-0.1, -0.05) is 0 Å². The zero-order valence-electron chi connectivity index (χ0n) is 15.3. The van der Waals surface area contributed by atoms with E-state index in [0.717, 1.165) is 17.7 Å². The van der Waals surface area contributed by atoms with Crippen molar-refractivity contribution in [1.29, 1.82) is 0 Å². The molecule has 2 fully saturated rings. The summed E-state index contributed by atoms with van der Waals surface area (Å²) in [5, 5.41) is 8.38. The van der Waals surface area contributed by atoms with Crippen LogP contribution < -0.4 is 16.0 Å². The molecule has 1 aliphatic heterocycles. The summed E-state index contributed by atoms with van der Waals surface area (Å²) in [7, 11) is 0. The molecule has 0 radical (unpaired) electrons. The molecule has 1 aromatic rings. The van der Waals surface area contributed by atoms with E-state index in [0.29, 0.717) is 17.8 Å². The van der Waals surface area contributed by atoms with Crippen molar-refractivity contribution < 1.29 is 19.1 Å². The molecule has 142 valence electrons. The Hall–Kier alpha value is -1.77. The summed E-state index contributed by atoms with van der Waals surface area (Å²) in [4.78, 5) is 36.8. The van der Waals surface area contributed by atoms with Crippen LogP contribution in [0.3, 0.4) is 0 Å². The van der Waals surface area contributed by atoms with E-state index in [1.165, 1.54) is 11.3 Å². The standard InChI is InChI=1S/C18H25N3O4S/c1-17(2,3)25-18(8-9-18)19-10-11-4-6-13(26-11)16(24)20-12-5-7-14(22)21-15(12)23/h4,6,12,19H,5,7-10H2,1-3H3,(H,20,24)(H,21,22,23). The lowest BCUT2D eigenvalue weighted by Crippen LogP contribution is -2.52. The van der Waals surface area contributed by atoms with Gasteiger partial charge in [0.05, 0.1) is 10.5 Å². The molecule has 1 saturated carbocycles. The maximum Gasteiger partial charge on any atom is 0.262 e. The van der Waals surface area contributed by atoms with Crippen LogP contribution in [0.15, 0.2) is 12.1 Å². The van der Waals surface area contributed by atoms with Gasteiger partial charge in [0.1, 0.15) is 11.8 Å². The molecule has 1 saturated heterocycles. The van der Waals surface area contributed by atoms with Crippen molar-refractivity contribution in [3.05, 3.63) is 21.9 Å². The van der Waals surface area contributed by atoms with Crippen molar-refractivity contribution in [2.75, 3.05) is 0 Å². The lowest BCUT2D eigenvalue weighted by molar-refractivity contribution is -0.134. The quantitative estimate of drug-likeness (QED) is 0.516. The van der Waals surface area contributed by atoms with Crippen molar-refractivity contribution in [2.45, 2.75) is 70.4 Å². The van der Waals surface area contributed by atoms with Gasteiger partial charge in [-0.2, -0.15) is 0 Å². The average molecular weight is 379 g/mol. The van der Waals surface area contributed by atoms with E-state index in [-0.39, 0.29) is 29.6 Å². The smallest absolute Gasteiger partial charge is 0.262 e. The van der Waals surface area contributed by atoms with E-state index in [1.54, 1.807) is 6.07 Å². The number of amides is 3. The minimum Gasteiger partial charge on any atom is -0.355 e. The molecule has 3 rings (SSSR count). The third-order valence-corrected chi connectivity index (χ3v) is 5.30. The lowest BCUT2D eigenvalue weighted by atomic mass is 10.1. The van der Waals surface area contributed by atoms with Crippen molar-refractivity contribution in [2.24, 2.45) is 0 Å². The number of imide groups is 1. The highest BCUT2D eigenvalue weighted by atomic mass is 32.1. The Bertz CT molecular complexity index is 718. The van der Waals surface area contributed by atoms with Crippen LogP contribution in [0.4, 0.5) is 0 Å². The van der Waals surface area contributed by atoms with Gasteiger partial charge < -0.3 is 10.1 Å². The van der Waals surface area contributed by atoms with Crippen LogP contribution in [-0.2, 0) is 20.9 Å². The first-order valence-corrected chi connectivity index (χ1v) is 9.66. The molecule has 2 aliphatic rings. The molecule has 7 nitrogen and oxygen atoms in total. The summed E-state index contributed by atoms with van der Waals surface area (Å²) in [6, 6.07) is 3.01. The second-order valence-electron chi connectivity index (χ2n) is 7.81. The van der Waals surface area contributed by atoms with Crippen molar-refractivity contribution in [3.8, 4) is 0 Å². The number of piperidine rings is 1. The normalized spacial score (nSPS) is 22.0. The van der Waals surface area contributed by atoms with Gasteiger partial charge in [-0.15, -0.1) is 11.3 Å². The van der Waals surface area contributed by atoms with E-state index in [9.17, 15) is 14.4 Å². The second kappa shape index (κ2) is 7.09. The Morgan fingerprint density at radius 2 is 2.08 bits per heavy atom. The minimum absolute atomic E-state index is 0.202. The molecule has 1 atom stereocenters. The Kier molecular flexibility index (Phi) is 5.18. The summed E-state index contributed by atoms with van der Waals surface area (Å²) in [5.74, 6) is -1.03. The molecule has 0 spiro atoms. The number of thiophene rings is 1. The van der Waals surface area contributed by atoms with Crippen LogP contribution in [0.25, 0.3) is 0 Å². The molecule has 0 aromatic carbocycles. The number of rotatable bonds is 6. The van der Waals surface area contributed by atoms with E-state index in [2.05, 4.69) is 16.0 Å². The first-order valence-electron chi connectivity index (χ1n) is 8.84. The fourth-order valence-corrected chi connectivity index (χ4v) is 3.77. The lowest BCUT2D eigenvalue weighted by Gasteiger charge is -2.28. The van der Waals surface area contributed by atoms with Crippen LogP contribution in [-0.4, -0.2) is 35.1 Å². The van der Waals surface area contributed by atoms with Crippen molar-refractivity contribution in [1.82, 2.24) is 16.0 Å². The van der Waals surface area contributed by atoms with E-state index in [1.807, 2.05) is 26.8 Å². The van der Waals surface area contributed by atoms with Gasteiger partial charge in [0.15, 0.2) is 0 Å². The van der Waals surface area contributed by atoms with E-state index < -0.39 is 11.9 Å². The number of hydrogen-bond donors (Lipinski definition) is 3. The molecular weight excluding hydrogens is 354 g/mol. The Morgan fingerprint density at radius 3 is 2.69 bits per heavy atom. The molecule has 3 amide bonds. The van der Waals surface area contributed by atoms with Crippen LogP contribution in [0.1, 0.15) is 61.0 Å². The van der Waals surface area contributed by atoms with Crippen molar-refractivity contribution in [3.63, 3.8) is 0 Å². The van der Waals surface area contributed by atoms with E-state index >= 15 is 0 Å². The van der Waals surface area contributed by atoms with Crippen LogP contribution in [0.2, 0.25) is 0 Å².